The van der Waals surface area contributed by atoms with Crippen molar-refractivity contribution < 1.29 is 0 Å². The molecule has 0 amide bonds. The fraction of sp³-hybridized carbons (Fsp3) is 0.312. The zero-order valence-corrected chi connectivity index (χ0v) is 10.7. The Kier molecular flexibility index (Phi) is 2.88. The van der Waals surface area contributed by atoms with E-state index in [9.17, 15) is 0 Å². The Morgan fingerprint density at radius 1 is 1.17 bits per heavy atom. The van der Waals surface area contributed by atoms with Gasteiger partial charge < -0.3 is 5.73 Å². The summed E-state index contributed by atoms with van der Waals surface area (Å²) in [5.41, 5.74) is 12.7. The van der Waals surface area contributed by atoms with Crippen LogP contribution >= 0.6 is 0 Å². The van der Waals surface area contributed by atoms with Crippen molar-refractivity contribution in [1.29, 1.82) is 0 Å². The molecule has 0 fully saturated rings. The van der Waals surface area contributed by atoms with Crippen molar-refractivity contribution in [3.63, 3.8) is 0 Å². The van der Waals surface area contributed by atoms with Crippen LogP contribution < -0.4 is 5.73 Å². The molecule has 0 saturated heterocycles. The molecule has 1 aromatic carbocycles. The Labute approximate surface area is 108 Å². The Bertz CT molecular complexity index is 575. The highest BCUT2D eigenvalue weighted by atomic mass is 14.7. The van der Waals surface area contributed by atoms with Crippen LogP contribution in [0.1, 0.15) is 40.4 Å². The number of aromatic nitrogens is 1. The molecule has 0 saturated carbocycles. The Balaban J connectivity index is 1.98. The SMILES string of the molecule is Cc1ncccc1C(N)c1ccc2c(c1)CCC2. The van der Waals surface area contributed by atoms with Crippen molar-refractivity contribution in [3.05, 3.63) is 64.5 Å². The van der Waals surface area contributed by atoms with Crippen LogP contribution in [0.25, 0.3) is 0 Å². The normalized spacial score (nSPS) is 15.4. The largest absolute Gasteiger partial charge is 0.320 e. The number of rotatable bonds is 2. The Morgan fingerprint density at radius 2 is 2.00 bits per heavy atom. The summed E-state index contributed by atoms with van der Waals surface area (Å²) in [6.45, 7) is 2.02. The third-order valence-corrected chi connectivity index (χ3v) is 3.86. The molecule has 92 valence electrons. The number of fused-ring (bicyclic) bond motifs is 1. The molecular formula is C16H18N2. The summed E-state index contributed by atoms with van der Waals surface area (Å²) < 4.78 is 0. The van der Waals surface area contributed by atoms with E-state index in [-0.39, 0.29) is 6.04 Å². The van der Waals surface area contributed by atoms with Crippen molar-refractivity contribution in [1.82, 2.24) is 4.98 Å². The fourth-order valence-electron chi connectivity index (χ4n) is 2.79. The van der Waals surface area contributed by atoms with E-state index in [0.717, 1.165) is 11.3 Å². The molecule has 0 aliphatic heterocycles. The maximum absolute atomic E-state index is 6.37. The predicted molar refractivity (Wildman–Crippen MR) is 73.5 cm³/mol. The van der Waals surface area contributed by atoms with Crippen LogP contribution in [0.15, 0.2) is 36.5 Å². The van der Waals surface area contributed by atoms with E-state index in [1.165, 1.54) is 36.0 Å². The van der Waals surface area contributed by atoms with Gasteiger partial charge in [-0.25, -0.2) is 0 Å². The molecule has 1 aliphatic rings. The molecule has 0 radical (unpaired) electrons. The van der Waals surface area contributed by atoms with Gasteiger partial charge in [-0.05, 0) is 54.5 Å². The highest BCUT2D eigenvalue weighted by molar-refractivity contribution is 5.40. The summed E-state index contributed by atoms with van der Waals surface area (Å²) in [7, 11) is 0. The summed E-state index contributed by atoms with van der Waals surface area (Å²) in [4.78, 5) is 4.32. The van der Waals surface area contributed by atoms with Gasteiger partial charge in [-0.2, -0.15) is 0 Å². The maximum Gasteiger partial charge on any atom is 0.0569 e. The number of aryl methyl sites for hydroxylation is 3. The monoisotopic (exact) mass is 238 g/mol. The first-order chi connectivity index (χ1) is 8.75. The van der Waals surface area contributed by atoms with E-state index in [2.05, 4.69) is 29.2 Å². The van der Waals surface area contributed by atoms with Crippen molar-refractivity contribution in [3.8, 4) is 0 Å². The second-order valence-corrected chi connectivity index (χ2v) is 5.04. The van der Waals surface area contributed by atoms with E-state index < -0.39 is 0 Å². The summed E-state index contributed by atoms with van der Waals surface area (Å²) in [5.74, 6) is 0. The van der Waals surface area contributed by atoms with E-state index in [0.29, 0.717) is 0 Å². The van der Waals surface area contributed by atoms with Gasteiger partial charge in [0.05, 0.1) is 6.04 Å². The molecule has 0 spiro atoms. The first kappa shape index (κ1) is 11.4. The molecule has 2 aromatic rings. The predicted octanol–water partition coefficient (Wildman–Crippen LogP) is 2.93. The summed E-state index contributed by atoms with van der Waals surface area (Å²) in [6, 6.07) is 10.6. The van der Waals surface area contributed by atoms with Gasteiger partial charge >= 0.3 is 0 Å². The van der Waals surface area contributed by atoms with Crippen LogP contribution in [0.5, 0.6) is 0 Å². The Morgan fingerprint density at radius 3 is 2.83 bits per heavy atom. The molecule has 1 aromatic heterocycles. The zero-order valence-electron chi connectivity index (χ0n) is 10.7. The molecular weight excluding hydrogens is 220 g/mol. The lowest BCUT2D eigenvalue weighted by molar-refractivity contribution is 0.845. The first-order valence-corrected chi connectivity index (χ1v) is 6.54. The van der Waals surface area contributed by atoms with Crippen molar-refractivity contribution in [2.24, 2.45) is 5.73 Å². The van der Waals surface area contributed by atoms with Gasteiger partial charge in [0.2, 0.25) is 0 Å². The molecule has 3 rings (SSSR count). The minimum absolute atomic E-state index is 0.0652. The lowest BCUT2D eigenvalue weighted by Crippen LogP contribution is -2.14. The number of pyridine rings is 1. The van der Waals surface area contributed by atoms with E-state index >= 15 is 0 Å². The van der Waals surface area contributed by atoms with E-state index in [1.54, 1.807) is 0 Å². The molecule has 18 heavy (non-hydrogen) atoms. The second kappa shape index (κ2) is 4.54. The quantitative estimate of drug-likeness (QED) is 0.873. The molecule has 2 nitrogen and oxygen atoms in total. The third kappa shape index (κ3) is 1.93. The van der Waals surface area contributed by atoms with Crippen molar-refractivity contribution >= 4 is 0 Å². The van der Waals surface area contributed by atoms with Gasteiger partial charge in [0.15, 0.2) is 0 Å². The minimum Gasteiger partial charge on any atom is -0.320 e. The van der Waals surface area contributed by atoms with Gasteiger partial charge in [-0.15, -0.1) is 0 Å². The first-order valence-electron chi connectivity index (χ1n) is 6.54. The standard InChI is InChI=1S/C16H18N2/c1-11-15(6-3-9-18-11)16(17)14-8-7-12-4-2-5-13(12)10-14/h3,6-10,16H,2,4-5,17H2,1H3. The Hall–Kier alpha value is -1.67. The third-order valence-electron chi connectivity index (χ3n) is 3.86. The second-order valence-electron chi connectivity index (χ2n) is 5.04. The summed E-state index contributed by atoms with van der Waals surface area (Å²) in [5, 5.41) is 0. The molecule has 0 bridgehead atoms. The van der Waals surface area contributed by atoms with Crippen molar-refractivity contribution in [2.45, 2.75) is 32.2 Å². The van der Waals surface area contributed by atoms with Crippen LogP contribution in [-0.4, -0.2) is 4.98 Å². The average molecular weight is 238 g/mol. The smallest absolute Gasteiger partial charge is 0.0569 e. The van der Waals surface area contributed by atoms with Gasteiger partial charge in [-0.1, -0.05) is 24.3 Å². The molecule has 1 atom stereocenters. The maximum atomic E-state index is 6.37. The fourth-order valence-corrected chi connectivity index (χ4v) is 2.79. The highest BCUT2D eigenvalue weighted by Gasteiger charge is 2.16. The van der Waals surface area contributed by atoms with Crippen molar-refractivity contribution in [2.75, 3.05) is 0 Å². The summed E-state index contributed by atoms with van der Waals surface area (Å²) in [6.07, 6.45) is 5.51. The topological polar surface area (TPSA) is 38.9 Å². The lowest BCUT2D eigenvalue weighted by Gasteiger charge is -2.15. The van der Waals surface area contributed by atoms with Gasteiger partial charge in [0.25, 0.3) is 0 Å². The molecule has 1 heterocycles. The molecule has 1 aliphatic carbocycles. The highest BCUT2D eigenvalue weighted by Crippen LogP contribution is 2.27. The van der Waals surface area contributed by atoms with Crippen LogP contribution in [-0.2, 0) is 12.8 Å². The lowest BCUT2D eigenvalue weighted by atomic mass is 9.96. The molecule has 1 unspecified atom stereocenters. The van der Waals surface area contributed by atoms with Crippen LogP contribution in [0.2, 0.25) is 0 Å². The average Bonchev–Trinajstić information content (AvgIpc) is 2.85. The molecule has 2 N–H and O–H groups in total. The minimum atomic E-state index is -0.0652. The number of nitrogens with two attached hydrogens (primary N) is 1. The zero-order chi connectivity index (χ0) is 12.5. The van der Waals surface area contributed by atoms with Crippen LogP contribution in [0, 0.1) is 6.92 Å². The van der Waals surface area contributed by atoms with Gasteiger partial charge in [-0.3, -0.25) is 4.98 Å². The van der Waals surface area contributed by atoms with E-state index in [1.807, 2.05) is 19.2 Å². The number of nitrogens with zero attached hydrogens (tertiary/aromatic N) is 1. The van der Waals surface area contributed by atoms with Gasteiger partial charge in [0.1, 0.15) is 0 Å². The van der Waals surface area contributed by atoms with E-state index in [4.69, 9.17) is 5.73 Å². The number of benzene rings is 1. The molecule has 2 heteroatoms. The number of hydrogen-bond acceptors (Lipinski definition) is 2. The van der Waals surface area contributed by atoms with Crippen LogP contribution in [0.3, 0.4) is 0 Å². The van der Waals surface area contributed by atoms with Gasteiger partial charge in [0, 0.05) is 11.9 Å². The number of hydrogen-bond donors (Lipinski definition) is 1. The summed E-state index contributed by atoms with van der Waals surface area (Å²) >= 11 is 0. The van der Waals surface area contributed by atoms with Crippen LogP contribution in [0.4, 0.5) is 0 Å².